The second kappa shape index (κ2) is 28.1. The van der Waals surface area contributed by atoms with Gasteiger partial charge < -0.3 is 26.4 Å². The van der Waals surface area contributed by atoms with E-state index in [-0.39, 0.29) is 18.4 Å². The fourth-order valence-corrected chi connectivity index (χ4v) is 3.90. The average Bonchev–Trinajstić information content (AvgIpc) is 2.84. The van der Waals surface area contributed by atoms with E-state index in [1.165, 1.54) is 96.3 Å². The van der Waals surface area contributed by atoms with E-state index < -0.39 is 0 Å². The van der Waals surface area contributed by atoms with Gasteiger partial charge in [0.1, 0.15) is 0 Å². The van der Waals surface area contributed by atoms with Gasteiger partial charge in [-0.25, -0.2) is 0 Å². The lowest BCUT2D eigenvalue weighted by atomic mass is 10.0. The summed E-state index contributed by atoms with van der Waals surface area (Å²) in [5, 5.41) is 8.65. The Morgan fingerprint density at radius 2 is 1.15 bits per heavy atom. The van der Waals surface area contributed by atoms with Crippen molar-refractivity contribution in [3.8, 4) is 0 Å². The second-order valence-electron chi connectivity index (χ2n) is 9.33. The minimum atomic E-state index is -0.203. The lowest BCUT2D eigenvalue weighted by molar-refractivity contribution is -0.126. The molecular formula is C27H56N4O3. The van der Waals surface area contributed by atoms with Crippen molar-refractivity contribution in [1.29, 1.82) is 0 Å². The van der Waals surface area contributed by atoms with Crippen molar-refractivity contribution in [3.05, 3.63) is 0 Å². The quantitative estimate of drug-likeness (QED) is 0.129. The molecule has 0 aromatic heterocycles. The lowest BCUT2D eigenvalue weighted by Gasteiger charge is -2.08. The Morgan fingerprint density at radius 1 is 0.618 bits per heavy atom. The predicted octanol–water partition coefficient (Wildman–Crippen LogP) is 4.44. The van der Waals surface area contributed by atoms with Gasteiger partial charge in [-0.05, 0) is 13.0 Å². The zero-order chi connectivity index (χ0) is 25.0. The molecule has 34 heavy (non-hydrogen) atoms. The summed E-state index contributed by atoms with van der Waals surface area (Å²) in [5.74, 6) is -0.306. The Labute approximate surface area is 210 Å². The van der Waals surface area contributed by atoms with E-state index in [1.807, 2.05) is 0 Å². The third-order valence-electron chi connectivity index (χ3n) is 6.01. The summed E-state index contributed by atoms with van der Waals surface area (Å²) in [6.45, 7) is 5.70. The van der Waals surface area contributed by atoms with Crippen molar-refractivity contribution in [2.75, 3.05) is 45.9 Å². The third kappa shape index (κ3) is 27.1. The summed E-state index contributed by atoms with van der Waals surface area (Å²) in [4.78, 5) is 23.4. The molecule has 202 valence electrons. The molecule has 0 aliphatic heterocycles. The Bertz CT molecular complexity index is 450. The molecule has 0 unspecified atom stereocenters. The highest BCUT2D eigenvalue weighted by Gasteiger charge is 2.04. The number of nitrogens with one attached hydrogen (secondary N) is 3. The van der Waals surface area contributed by atoms with Crippen molar-refractivity contribution >= 4 is 11.8 Å². The summed E-state index contributed by atoms with van der Waals surface area (Å²) in [7, 11) is 0. The highest BCUT2D eigenvalue weighted by atomic mass is 16.5. The first kappa shape index (κ1) is 32.8. The van der Waals surface area contributed by atoms with E-state index in [9.17, 15) is 9.59 Å². The van der Waals surface area contributed by atoms with Gasteiger partial charge in [-0.1, -0.05) is 103 Å². The van der Waals surface area contributed by atoms with Crippen LogP contribution in [0.15, 0.2) is 0 Å². The van der Waals surface area contributed by atoms with Gasteiger partial charge in [0.2, 0.25) is 11.8 Å². The van der Waals surface area contributed by atoms with Crippen LogP contribution in [-0.4, -0.2) is 57.8 Å². The zero-order valence-electron chi connectivity index (χ0n) is 22.3. The van der Waals surface area contributed by atoms with Gasteiger partial charge in [0.15, 0.2) is 0 Å². The van der Waals surface area contributed by atoms with Crippen LogP contribution in [0.25, 0.3) is 0 Å². The van der Waals surface area contributed by atoms with Crippen LogP contribution in [0, 0.1) is 0 Å². The van der Waals surface area contributed by atoms with Crippen LogP contribution in [0.3, 0.4) is 0 Å². The van der Waals surface area contributed by atoms with Crippen LogP contribution in [-0.2, 0) is 14.3 Å². The molecule has 0 aromatic rings. The van der Waals surface area contributed by atoms with E-state index in [0.29, 0.717) is 39.3 Å². The first-order valence-electron chi connectivity index (χ1n) is 14.2. The van der Waals surface area contributed by atoms with Crippen molar-refractivity contribution in [2.24, 2.45) is 5.73 Å². The van der Waals surface area contributed by atoms with E-state index >= 15 is 0 Å². The molecule has 7 nitrogen and oxygen atoms in total. The highest BCUT2D eigenvalue weighted by Crippen LogP contribution is 2.13. The molecular weight excluding hydrogens is 428 g/mol. The first-order valence-corrected chi connectivity index (χ1v) is 14.2. The van der Waals surface area contributed by atoms with Crippen LogP contribution in [0.1, 0.15) is 116 Å². The van der Waals surface area contributed by atoms with Gasteiger partial charge in [-0.2, -0.15) is 0 Å². The van der Waals surface area contributed by atoms with Crippen LogP contribution < -0.4 is 21.7 Å². The van der Waals surface area contributed by atoms with Crippen LogP contribution in [0.5, 0.6) is 0 Å². The molecule has 0 fully saturated rings. The molecule has 0 aliphatic rings. The van der Waals surface area contributed by atoms with Crippen molar-refractivity contribution in [1.82, 2.24) is 16.0 Å². The number of unbranched alkanes of at least 4 members (excludes halogenated alkanes) is 15. The molecule has 0 radical (unpaired) electrons. The molecule has 0 aromatic carbocycles. The van der Waals surface area contributed by atoms with E-state index in [2.05, 4.69) is 22.9 Å². The SMILES string of the molecule is CCCCCCCCCCCCCCCCCCNCCC(=O)NCC(=O)NCCOCCN. The summed E-state index contributed by atoms with van der Waals surface area (Å²) < 4.78 is 5.17. The fourth-order valence-electron chi connectivity index (χ4n) is 3.90. The molecule has 0 rings (SSSR count). The number of carbonyl (C=O) groups excluding carboxylic acids is 2. The Morgan fingerprint density at radius 3 is 1.68 bits per heavy atom. The number of amides is 2. The van der Waals surface area contributed by atoms with Gasteiger partial charge >= 0.3 is 0 Å². The summed E-state index contributed by atoms with van der Waals surface area (Å²) in [6.07, 6.45) is 22.4. The van der Waals surface area contributed by atoms with E-state index in [1.54, 1.807) is 0 Å². The maximum Gasteiger partial charge on any atom is 0.239 e. The molecule has 5 N–H and O–H groups in total. The van der Waals surface area contributed by atoms with Crippen LogP contribution >= 0.6 is 0 Å². The zero-order valence-corrected chi connectivity index (χ0v) is 22.3. The molecule has 0 atom stereocenters. The average molecular weight is 485 g/mol. The highest BCUT2D eigenvalue weighted by molar-refractivity contribution is 5.84. The molecule has 0 saturated carbocycles. The topological polar surface area (TPSA) is 105 Å². The molecule has 0 spiro atoms. The number of ether oxygens (including phenoxy) is 1. The molecule has 0 saturated heterocycles. The molecule has 7 heteroatoms. The van der Waals surface area contributed by atoms with Crippen molar-refractivity contribution < 1.29 is 14.3 Å². The minimum Gasteiger partial charge on any atom is -0.378 e. The van der Waals surface area contributed by atoms with Gasteiger partial charge in [-0.15, -0.1) is 0 Å². The van der Waals surface area contributed by atoms with E-state index in [0.717, 1.165) is 13.0 Å². The monoisotopic (exact) mass is 484 g/mol. The molecule has 0 bridgehead atoms. The van der Waals surface area contributed by atoms with Gasteiger partial charge in [0.25, 0.3) is 0 Å². The van der Waals surface area contributed by atoms with Gasteiger partial charge in [0.05, 0.1) is 19.8 Å². The maximum atomic E-state index is 11.8. The molecule has 0 aliphatic carbocycles. The van der Waals surface area contributed by atoms with E-state index in [4.69, 9.17) is 10.5 Å². The minimum absolute atomic E-state index is 0.00878. The Balaban J connectivity index is 3.21. The summed E-state index contributed by atoms with van der Waals surface area (Å²) in [5.41, 5.74) is 5.31. The van der Waals surface area contributed by atoms with Gasteiger partial charge in [-0.3, -0.25) is 9.59 Å². The van der Waals surface area contributed by atoms with Crippen molar-refractivity contribution in [3.63, 3.8) is 0 Å². The lowest BCUT2D eigenvalue weighted by Crippen LogP contribution is -2.39. The number of nitrogens with two attached hydrogens (primary N) is 1. The number of hydrogen-bond donors (Lipinski definition) is 4. The summed E-state index contributed by atoms with van der Waals surface area (Å²) in [6, 6.07) is 0. The number of hydrogen-bond acceptors (Lipinski definition) is 5. The first-order chi connectivity index (χ1) is 16.7. The number of carbonyl (C=O) groups is 2. The largest absolute Gasteiger partial charge is 0.378 e. The van der Waals surface area contributed by atoms with Crippen LogP contribution in [0.4, 0.5) is 0 Å². The van der Waals surface area contributed by atoms with Gasteiger partial charge in [0, 0.05) is 26.1 Å². The fraction of sp³-hybridized carbons (Fsp3) is 0.926. The Hall–Kier alpha value is -1.18. The summed E-state index contributed by atoms with van der Waals surface area (Å²) >= 11 is 0. The standard InChI is InChI=1S/C27H56N4O3/c1-2-3-4-5-6-7-8-9-10-11-12-13-14-15-16-17-20-29-21-18-26(32)31-25-27(33)30-22-24-34-23-19-28/h29H,2-25,28H2,1H3,(H,30,33)(H,31,32). The normalized spacial score (nSPS) is 11.0. The van der Waals surface area contributed by atoms with Crippen LogP contribution in [0.2, 0.25) is 0 Å². The molecule has 2 amide bonds. The third-order valence-corrected chi connectivity index (χ3v) is 6.01. The molecule has 0 heterocycles. The smallest absolute Gasteiger partial charge is 0.239 e. The predicted molar refractivity (Wildman–Crippen MR) is 143 cm³/mol. The maximum absolute atomic E-state index is 11.8. The number of rotatable bonds is 27. The second-order valence-corrected chi connectivity index (χ2v) is 9.33. The van der Waals surface area contributed by atoms with Crippen molar-refractivity contribution in [2.45, 2.75) is 116 Å². The Kier molecular flexibility index (Phi) is 27.1.